The van der Waals surface area contributed by atoms with E-state index in [1.807, 2.05) is 0 Å². The molecule has 2 aromatic carbocycles. The average Bonchev–Trinajstić information content (AvgIpc) is 2.83. The first kappa shape index (κ1) is 23.4. The van der Waals surface area contributed by atoms with Crippen LogP contribution in [0.4, 0.5) is 10.5 Å². The molecule has 0 bridgehead atoms. The van der Waals surface area contributed by atoms with Gasteiger partial charge in [0.2, 0.25) is 10.0 Å². The van der Waals surface area contributed by atoms with Crippen molar-refractivity contribution >= 4 is 27.7 Å². The van der Waals surface area contributed by atoms with E-state index in [1.165, 1.54) is 50.5 Å². The number of esters is 1. The van der Waals surface area contributed by atoms with Gasteiger partial charge in [-0.3, -0.25) is 4.79 Å². The number of carbonyl (C=O) groups is 2. The number of methoxy groups -OCH3 is 3. The van der Waals surface area contributed by atoms with Crippen LogP contribution in [-0.2, 0) is 19.6 Å². The number of rotatable bonds is 6. The van der Waals surface area contributed by atoms with Crippen LogP contribution < -0.4 is 14.8 Å². The van der Waals surface area contributed by atoms with Crippen molar-refractivity contribution in [3.63, 3.8) is 0 Å². The molecule has 1 N–H and O–H groups in total. The molecule has 1 saturated heterocycles. The lowest BCUT2D eigenvalue weighted by atomic mass is 10.2. The Bertz CT molecular complexity index is 1070. The van der Waals surface area contributed by atoms with Crippen LogP contribution >= 0.6 is 0 Å². The first-order valence-electron chi connectivity index (χ1n) is 9.74. The number of urea groups is 1. The van der Waals surface area contributed by atoms with E-state index < -0.39 is 28.1 Å². The van der Waals surface area contributed by atoms with E-state index in [2.05, 4.69) is 5.32 Å². The highest BCUT2D eigenvalue weighted by Gasteiger charge is 2.42. The summed E-state index contributed by atoms with van der Waals surface area (Å²) in [6.45, 7) is -0.129. The number of sulfonamides is 1. The van der Waals surface area contributed by atoms with Crippen molar-refractivity contribution in [1.82, 2.24) is 9.21 Å². The van der Waals surface area contributed by atoms with Crippen molar-refractivity contribution in [2.75, 3.05) is 46.3 Å². The molecule has 1 aliphatic heterocycles. The molecule has 1 aliphatic rings. The normalized spacial score (nSPS) is 16.8. The third kappa shape index (κ3) is 4.94. The third-order valence-corrected chi connectivity index (χ3v) is 7.00. The first-order valence-corrected chi connectivity index (χ1v) is 11.2. The Kier molecular flexibility index (Phi) is 7.21. The van der Waals surface area contributed by atoms with E-state index in [1.54, 1.807) is 24.3 Å². The Labute approximate surface area is 186 Å². The lowest BCUT2D eigenvalue weighted by Crippen LogP contribution is -2.60. The summed E-state index contributed by atoms with van der Waals surface area (Å²) in [5.74, 6) is 0.333. The van der Waals surface area contributed by atoms with E-state index in [0.717, 1.165) is 4.31 Å². The summed E-state index contributed by atoms with van der Waals surface area (Å²) < 4.78 is 42.5. The van der Waals surface area contributed by atoms with Crippen LogP contribution in [0, 0.1) is 0 Å². The van der Waals surface area contributed by atoms with Gasteiger partial charge in [0.05, 0.1) is 26.2 Å². The van der Waals surface area contributed by atoms with Gasteiger partial charge in [0.25, 0.3) is 0 Å². The van der Waals surface area contributed by atoms with Gasteiger partial charge in [-0.1, -0.05) is 6.07 Å². The SMILES string of the molecule is COC(=O)C1CN(C(=O)Nc2cccc(OC)c2)CCN1S(=O)(=O)c1ccc(OC)cc1. The van der Waals surface area contributed by atoms with Gasteiger partial charge in [0.15, 0.2) is 0 Å². The summed E-state index contributed by atoms with van der Waals surface area (Å²) >= 11 is 0. The van der Waals surface area contributed by atoms with Crippen LogP contribution in [0.5, 0.6) is 11.5 Å². The number of ether oxygens (including phenoxy) is 3. The number of hydrogen-bond acceptors (Lipinski definition) is 7. The van der Waals surface area contributed by atoms with Crippen LogP contribution in [0.2, 0.25) is 0 Å². The smallest absolute Gasteiger partial charge is 0.326 e. The maximum Gasteiger partial charge on any atom is 0.326 e. The molecule has 2 aromatic rings. The Hall–Kier alpha value is -3.31. The number of nitrogens with one attached hydrogen (secondary N) is 1. The molecular formula is C21H25N3O7S. The predicted molar refractivity (Wildman–Crippen MR) is 116 cm³/mol. The zero-order chi connectivity index (χ0) is 23.3. The number of hydrogen-bond donors (Lipinski definition) is 1. The first-order chi connectivity index (χ1) is 15.3. The van der Waals surface area contributed by atoms with Crippen molar-refractivity contribution in [3.8, 4) is 11.5 Å². The Morgan fingerprint density at radius 2 is 1.66 bits per heavy atom. The van der Waals surface area contributed by atoms with E-state index in [4.69, 9.17) is 14.2 Å². The fourth-order valence-electron chi connectivity index (χ4n) is 3.35. The Morgan fingerprint density at radius 3 is 2.28 bits per heavy atom. The summed E-state index contributed by atoms with van der Waals surface area (Å²) in [5, 5.41) is 2.73. The predicted octanol–water partition coefficient (Wildman–Crippen LogP) is 1.78. The summed E-state index contributed by atoms with van der Waals surface area (Å²) in [5.41, 5.74) is 0.511. The molecule has 10 nitrogen and oxygen atoms in total. The van der Waals surface area contributed by atoms with Crippen molar-refractivity contribution < 1.29 is 32.2 Å². The molecule has 11 heteroatoms. The van der Waals surface area contributed by atoms with Crippen LogP contribution in [0.25, 0.3) is 0 Å². The fourth-order valence-corrected chi connectivity index (χ4v) is 4.91. The second-order valence-electron chi connectivity index (χ2n) is 6.94. The Morgan fingerprint density at radius 1 is 0.969 bits per heavy atom. The van der Waals surface area contributed by atoms with Gasteiger partial charge < -0.3 is 24.4 Å². The maximum absolute atomic E-state index is 13.2. The van der Waals surface area contributed by atoms with Crippen LogP contribution in [-0.4, -0.2) is 76.6 Å². The maximum atomic E-state index is 13.2. The molecule has 1 heterocycles. The highest BCUT2D eigenvalue weighted by molar-refractivity contribution is 7.89. The molecular weight excluding hydrogens is 438 g/mol. The second kappa shape index (κ2) is 9.88. The van der Waals surface area contributed by atoms with Crippen molar-refractivity contribution in [3.05, 3.63) is 48.5 Å². The lowest BCUT2D eigenvalue weighted by molar-refractivity contribution is -0.146. The molecule has 1 atom stereocenters. The van der Waals surface area contributed by atoms with E-state index >= 15 is 0 Å². The summed E-state index contributed by atoms with van der Waals surface area (Å²) in [6.07, 6.45) is 0. The molecule has 0 spiro atoms. The molecule has 0 aromatic heterocycles. The zero-order valence-electron chi connectivity index (χ0n) is 18.0. The molecule has 1 fully saturated rings. The number of anilines is 1. The zero-order valence-corrected chi connectivity index (χ0v) is 18.8. The van der Waals surface area contributed by atoms with Crippen LogP contribution in [0.1, 0.15) is 0 Å². The average molecular weight is 464 g/mol. The molecule has 0 aliphatic carbocycles. The lowest BCUT2D eigenvalue weighted by Gasteiger charge is -2.38. The second-order valence-corrected chi connectivity index (χ2v) is 8.83. The van der Waals surface area contributed by atoms with Crippen molar-refractivity contribution in [2.24, 2.45) is 0 Å². The molecule has 172 valence electrons. The number of carbonyl (C=O) groups excluding carboxylic acids is 2. The Balaban J connectivity index is 1.79. The highest BCUT2D eigenvalue weighted by Crippen LogP contribution is 2.25. The minimum atomic E-state index is -4.01. The van der Waals surface area contributed by atoms with Crippen molar-refractivity contribution in [1.29, 1.82) is 0 Å². The van der Waals surface area contributed by atoms with Gasteiger partial charge in [-0.25, -0.2) is 13.2 Å². The standard InChI is InChI=1S/C21H25N3O7S/c1-29-16-7-9-18(10-8-16)32(27,28)24-12-11-23(14-19(24)20(25)31-3)21(26)22-15-5-4-6-17(13-15)30-2/h4-10,13,19H,11-12,14H2,1-3H3,(H,22,26). The van der Waals surface area contributed by atoms with Gasteiger partial charge in [-0.2, -0.15) is 4.31 Å². The minimum Gasteiger partial charge on any atom is -0.497 e. The molecule has 1 unspecified atom stereocenters. The minimum absolute atomic E-state index is 0.0153. The van der Waals surface area contributed by atoms with Crippen LogP contribution in [0.3, 0.4) is 0 Å². The van der Waals surface area contributed by atoms with Crippen LogP contribution in [0.15, 0.2) is 53.4 Å². The summed E-state index contributed by atoms with van der Waals surface area (Å²) in [7, 11) is 0.167. The summed E-state index contributed by atoms with van der Waals surface area (Å²) in [6, 6.07) is 11.0. The number of amides is 2. The van der Waals surface area contributed by atoms with E-state index in [9.17, 15) is 18.0 Å². The van der Waals surface area contributed by atoms with E-state index in [0.29, 0.717) is 17.2 Å². The number of piperazine rings is 1. The van der Waals surface area contributed by atoms with Gasteiger partial charge in [-0.05, 0) is 36.4 Å². The quantitative estimate of drug-likeness (QED) is 0.650. The largest absolute Gasteiger partial charge is 0.497 e. The highest BCUT2D eigenvalue weighted by atomic mass is 32.2. The molecule has 0 saturated carbocycles. The molecule has 0 radical (unpaired) electrons. The van der Waals surface area contributed by atoms with Gasteiger partial charge in [0, 0.05) is 31.4 Å². The van der Waals surface area contributed by atoms with E-state index in [-0.39, 0.29) is 24.5 Å². The number of benzene rings is 2. The molecule has 32 heavy (non-hydrogen) atoms. The van der Waals surface area contributed by atoms with Gasteiger partial charge in [-0.15, -0.1) is 0 Å². The summed E-state index contributed by atoms with van der Waals surface area (Å²) in [4.78, 5) is 26.6. The fraction of sp³-hybridized carbons (Fsp3) is 0.333. The van der Waals surface area contributed by atoms with Crippen molar-refractivity contribution in [2.45, 2.75) is 10.9 Å². The van der Waals surface area contributed by atoms with Gasteiger partial charge in [0.1, 0.15) is 17.5 Å². The topological polar surface area (TPSA) is 114 Å². The third-order valence-electron chi connectivity index (χ3n) is 5.08. The number of nitrogens with zero attached hydrogens (tertiary/aromatic N) is 2. The monoisotopic (exact) mass is 463 g/mol. The van der Waals surface area contributed by atoms with Gasteiger partial charge >= 0.3 is 12.0 Å². The molecule has 3 rings (SSSR count). The molecule has 2 amide bonds.